The maximum Gasteiger partial charge on any atom is 0.500 e. The van der Waals surface area contributed by atoms with Gasteiger partial charge in [-0.1, -0.05) is 0 Å². The molecule has 0 fully saturated rings. The molecule has 0 aliphatic heterocycles. The third kappa shape index (κ3) is 4.49. The van der Waals surface area contributed by atoms with Crippen LogP contribution in [0.5, 0.6) is 0 Å². The first kappa shape index (κ1) is 14.0. The van der Waals surface area contributed by atoms with E-state index in [9.17, 15) is 0 Å². The first-order chi connectivity index (χ1) is 6.64. The quantitative estimate of drug-likeness (QED) is 0.562. The second-order valence-electron chi connectivity index (χ2n) is 3.18. The third-order valence-corrected chi connectivity index (χ3v) is 5.13. The minimum atomic E-state index is -2.39. The van der Waals surface area contributed by atoms with Gasteiger partial charge in [0.1, 0.15) is 0 Å². The van der Waals surface area contributed by atoms with Gasteiger partial charge in [-0.3, -0.25) is 0 Å². The number of hydrogen-bond acceptors (Lipinski definition) is 5. The zero-order valence-electron chi connectivity index (χ0n) is 9.29. The Morgan fingerprint density at radius 2 is 1.64 bits per heavy atom. The van der Waals surface area contributed by atoms with Gasteiger partial charge in [0, 0.05) is 40.0 Å². The number of nitrogens with two attached hydrogens (primary N) is 2. The highest BCUT2D eigenvalue weighted by atomic mass is 28.4. The molecular formula is C8H22N2O3Si. The molecule has 14 heavy (non-hydrogen) atoms. The minimum absolute atomic E-state index is 0.0623. The van der Waals surface area contributed by atoms with Gasteiger partial charge in [-0.05, 0) is 12.8 Å². The summed E-state index contributed by atoms with van der Waals surface area (Å²) in [4.78, 5) is 0. The van der Waals surface area contributed by atoms with Crippen molar-refractivity contribution in [3.8, 4) is 0 Å². The zero-order chi connectivity index (χ0) is 11.0. The minimum Gasteiger partial charge on any atom is -0.377 e. The Hall–Kier alpha value is 0.0169. The molecule has 0 aromatic rings. The van der Waals surface area contributed by atoms with Crippen LogP contribution in [0, 0.1) is 0 Å². The molecule has 6 heteroatoms. The summed E-state index contributed by atoms with van der Waals surface area (Å²) >= 11 is 0. The van der Waals surface area contributed by atoms with Crippen LogP contribution in [-0.2, 0) is 13.3 Å². The van der Waals surface area contributed by atoms with Crippen molar-refractivity contribution in [2.75, 3.05) is 27.9 Å². The maximum atomic E-state index is 5.69. The lowest BCUT2D eigenvalue weighted by Gasteiger charge is -2.24. The van der Waals surface area contributed by atoms with E-state index in [1.807, 2.05) is 0 Å². The van der Waals surface area contributed by atoms with E-state index in [0.29, 0.717) is 6.54 Å². The molecule has 0 bridgehead atoms. The van der Waals surface area contributed by atoms with Crippen LogP contribution in [0.15, 0.2) is 0 Å². The molecule has 0 aromatic carbocycles. The van der Waals surface area contributed by atoms with Crippen molar-refractivity contribution >= 4 is 8.80 Å². The molecule has 0 heterocycles. The molecule has 1 atom stereocenters. The lowest BCUT2D eigenvalue weighted by Crippen LogP contribution is -2.43. The van der Waals surface area contributed by atoms with Crippen molar-refractivity contribution in [2.24, 2.45) is 11.5 Å². The van der Waals surface area contributed by atoms with Crippen molar-refractivity contribution in [1.29, 1.82) is 0 Å². The van der Waals surface area contributed by atoms with Crippen LogP contribution in [-0.4, -0.2) is 42.7 Å². The van der Waals surface area contributed by atoms with Gasteiger partial charge in [0.15, 0.2) is 0 Å². The van der Waals surface area contributed by atoms with E-state index in [4.69, 9.17) is 24.7 Å². The van der Waals surface area contributed by atoms with E-state index in [2.05, 4.69) is 0 Å². The average Bonchev–Trinajstić information content (AvgIpc) is 2.25. The summed E-state index contributed by atoms with van der Waals surface area (Å²) in [7, 11) is 2.45. The first-order valence-electron chi connectivity index (χ1n) is 4.75. The second kappa shape index (κ2) is 7.33. The Morgan fingerprint density at radius 3 is 2.00 bits per heavy atom. The zero-order valence-corrected chi connectivity index (χ0v) is 10.3. The lowest BCUT2D eigenvalue weighted by molar-refractivity contribution is 0.122. The van der Waals surface area contributed by atoms with E-state index in [0.717, 1.165) is 18.9 Å². The highest BCUT2D eigenvalue weighted by molar-refractivity contribution is 6.60. The summed E-state index contributed by atoms with van der Waals surface area (Å²) in [6, 6.07) is 0.844. The van der Waals surface area contributed by atoms with Crippen molar-refractivity contribution in [3.05, 3.63) is 0 Å². The molecule has 0 radical (unpaired) electrons. The molecule has 4 N–H and O–H groups in total. The molecule has 0 saturated heterocycles. The lowest BCUT2D eigenvalue weighted by atomic mass is 10.2. The van der Waals surface area contributed by atoms with Gasteiger partial charge in [0.25, 0.3) is 0 Å². The van der Waals surface area contributed by atoms with Crippen LogP contribution in [0.4, 0.5) is 0 Å². The van der Waals surface area contributed by atoms with Gasteiger partial charge in [0.2, 0.25) is 0 Å². The molecule has 5 nitrogen and oxygen atoms in total. The molecule has 0 aromatic heterocycles. The van der Waals surface area contributed by atoms with Crippen LogP contribution in [0.2, 0.25) is 6.04 Å². The predicted molar refractivity (Wildman–Crippen MR) is 57.9 cm³/mol. The fraction of sp³-hybridized carbons (Fsp3) is 1.00. The molecule has 0 rings (SSSR count). The Balaban J connectivity index is 3.82. The van der Waals surface area contributed by atoms with Crippen LogP contribution < -0.4 is 11.5 Å². The summed E-state index contributed by atoms with van der Waals surface area (Å²) in [5.41, 5.74) is 11.1. The molecule has 0 amide bonds. The summed E-state index contributed by atoms with van der Waals surface area (Å²) in [6.07, 6.45) is 1.79. The SMILES string of the molecule is CO[Si](CCCC(N)CN)(OC)OC. The smallest absolute Gasteiger partial charge is 0.377 e. The standard InChI is InChI=1S/C8H22N2O3Si/c1-11-14(12-2,13-3)6-4-5-8(10)7-9/h8H,4-7,9-10H2,1-3H3. The Bertz CT molecular complexity index is 136. The third-order valence-electron chi connectivity index (χ3n) is 2.29. The Morgan fingerprint density at radius 1 is 1.14 bits per heavy atom. The van der Waals surface area contributed by atoms with Crippen LogP contribution in [0.25, 0.3) is 0 Å². The number of hydrogen-bond donors (Lipinski definition) is 2. The van der Waals surface area contributed by atoms with E-state index in [1.54, 1.807) is 21.3 Å². The summed E-state index contributed by atoms with van der Waals surface area (Å²) in [5.74, 6) is 0. The fourth-order valence-electron chi connectivity index (χ4n) is 1.25. The van der Waals surface area contributed by atoms with Gasteiger partial charge >= 0.3 is 8.80 Å². The molecule has 0 aliphatic rings. The van der Waals surface area contributed by atoms with Gasteiger partial charge in [-0.2, -0.15) is 0 Å². The van der Waals surface area contributed by atoms with Gasteiger partial charge < -0.3 is 24.7 Å². The van der Waals surface area contributed by atoms with E-state index >= 15 is 0 Å². The van der Waals surface area contributed by atoms with Gasteiger partial charge in [-0.25, -0.2) is 0 Å². The average molecular weight is 222 g/mol. The first-order valence-corrected chi connectivity index (χ1v) is 6.68. The van der Waals surface area contributed by atoms with E-state index in [1.165, 1.54) is 0 Å². The molecule has 0 aliphatic carbocycles. The van der Waals surface area contributed by atoms with Crippen molar-refractivity contribution < 1.29 is 13.3 Å². The fourth-order valence-corrected chi connectivity index (χ4v) is 3.00. The van der Waals surface area contributed by atoms with Crippen LogP contribution in [0.3, 0.4) is 0 Å². The summed E-state index contributed by atoms with van der Waals surface area (Å²) in [5, 5.41) is 0. The molecular weight excluding hydrogens is 200 g/mol. The van der Waals surface area contributed by atoms with Gasteiger partial charge in [-0.15, -0.1) is 0 Å². The van der Waals surface area contributed by atoms with Crippen molar-refractivity contribution in [1.82, 2.24) is 0 Å². The molecule has 86 valence electrons. The van der Waals surface area contributed by atoms with E-state index < -0.39 is 8.80 Å². The summed E-state index contributed by atoms with van der Waals surface area (Å²) in [6.45, 7) is 0.515. The normalized spacial score (nSPS) is 14.4. The molecule has 0 spiro atoms. The largest absolute Gasteiger partial charge is 0.500 e. The summed E-state index contributed by atoms with van der Waals surface area (Å²) < 4.78 is 15.8. The Labute approximate surface area is 87.1 Å². The second-order valence-corrected chi connectivity index (χ2v) is 6.27. The van der Waals surface area contributed by atoms with Crippen LogP contribution >= 0.6 is 0 Å². The number of rotatable bonds is 8. The van der Waals surface area contributed by atoms with Crippen LogP contribution in [0.1, 0.15) is 12.8 Å². The predicted octanol–water partition coefficient (Wildman–Crippen LogP) is -0.0693. The Kier molecular flexibility index (Phi) is 7.34. The topological polar surface area (TPSA) is 79.7 Å². The molecule has 1 unspecified atom stereocenters. The van der Waals surface area contributed by atoms with Crippen molar-refractivity contribution in [2.45, 2.75) is 24.9 Å². The van der Waals surface area contributed by atoms with Crippen molar-refractivity contribution in [3.63, 3.8) is 0 Å². The highest BCUT2D eigenvalue weighted by Gasteiger charge is 2.36. The van der Waals surface area contributed by atoms with Gasteiger partial charge in [0.05, 0.1) is 0 Å². The highest BCUT2D eigenvalue weighted by Crippen LogP contribution is 2.16. The van der Waals surface area contributed by atoms with E-state index in [-0.39, 0.29) is 6.04 Å². The maximum absolute atomic E-state index is 5.69. The monoisotopic (exact) mass is 222 g/mol. The molecule has 0 saturated carbocycles.